The van der Waals surface area contributed by atoms with Crippen LogP contribution in [0.5, 0.6) is 11.5 Å². The molecule has 3 heterocycles. The van der Waals surface area contributed by atoms with E-state index in [0.29, 0.717) is 39.2 Å². The lowest BCUT2D eigenvalue weighted by Crippen LogP contribution is -2.22. The zero-order chi connectivity index (χ0) is 27.5. The van der Waals surface area contributed by atoms with Crippen molar-refractivity contribution in [3.8, 4) is 28.4 Å². The van der Waals surface area contributed by atoms with Crippen molar-refractivity contribution < 1.29 is 33.4 Å². The van der Waals surface area contributed by atoms with Crippen molar-refractivity contribution in [1.29, 1.82) is 0 Å². The molecule has 2 aliphatic rings. The Morgan fingerprint density at radius 2 is 1.15 bits per heavy atom. The lowest BCUT2D eigenvalue weighted by atomic mass is 10.0. The number of fused-ring (bicyclic) bond motifs is 3. The van der Waals surface area contributed by atoms with Gasteiger partial charge in [0.1, 0.15) is 11.5 Å². The smallest absolute Gasteiger partial charge is 0.347 e. The molecule has 0 saturated heterocycles. The summed E-state index contributed by atoms with van der Waals surface area (Å²) < 4.78 is 16.3. The molecule has 0 radical (unpaired) electrons. The first-order valence-electron chi connectivity index (χ1n) is 12.0. The normalized spacial score (nSPS) is 13.7. The van der Waals surface area contributed by atoms with Crippen molar-refractivity contribution in [1.82, 2.24) is 9.78 Å². The first-order chi connectivity index (χ1) is 19.4. The van der Waals surface area contributed by atoms with Crippen LogP contribution in [0.3, 0.4) is 0 Å². The number of esters is 4. The summed E-state index contributed by atoms with van der Waals surface area (Å²) in [5.74, 6) is -2.12. The number of carbonyl (C=O) groups excluding carboxylic acids is 4. The molecule has 5 aromatic rings. The summed E-state index contributed by atoms with van der Waals surface area (Å²) in [4.78, 5) is 60.9. The van der Waals surface area contributed by atoms with Crippen LogP contribution < -0.4 is 10.3 Å². The molecule has 10 nitrogen and oxygen atoms in total. The van der Waals surface area contributed by atoms with Gasteiger partial charge in [0.05, 0.1) is 39.0 Å². The summed E-state index contributed by atoms with van der Waals surface area (Å²) in [5, 5.41) is 5.65. The van der Waals surface area contributed by atoms with Crippen LogP contribution in [0.1, 0.15) is 41.4 Å². The molecule has 0 atom stereocenters. The van der Waals surface area contributed by atoms with E-state index in [2.05, 4.69) is 14.6 Å². The third kappa shape index (κ3) is 3.58. The molecule has 0 fully saturated rings. The zero-order valence-corrected chi connectivity index (χ0v) is 20.2. The molecule has 192 valence electrons. The van der Waals surface area contributed by atoms with Crippen LogP contribution in [0.4, 0.5) is 0 Å². The van der Waals surface area contributed by atoms with E-state index >= 15 is 0 Å². The molecule has 40 heavy (non-hydrogen) atoms. The van der Waals surface area contributed by atoms with Gasteiger partial charge in [-0.15, -0.1) is 0 Å². The number of carbonyl (C=O) groups is 4. The van der Waals surface area contributed by atoms with Crippen molar-refractivity contribution in [2.24, 2.45) is 0 Å². The highest BCUT2D eigenvalue weighted by Crippen LogP contribution is 2.31. The summed E-state index contributed by atoms with van der Waals surface area (Å²) in [5.41, 5.74) is 1.60. The molecule has 0 bridgehead atoms. The number of hydrogen-bond donors (Lipinski definition) is 0. The van der Waals surface area contributed by atoms with Gasteiger partial charge in [0.15, 0.2) is 0 Å². The van der Waals surface area contributed by atoms with Gasteiger partial charge < -0.3 is 14.2 Å². The van der Waals surface area contributed by atoms with Crippen molar-refractivity contribution in [2.45, 2.75) is 0 Å². The Balaban J connectivity index is 1.28. The molecular weight excluding hydrogens is 516 g/mol. The standard InChI is InChI=1S/C30H14N2O8/c33-26-20-4-2-1-3-19(20)25(31-32(26)16-7-11-21-23(13-16)29(36)39-27(21)34)15-5-8-17(9-6-15)38-18-10-12-22-24(14-18)30(37)40-28(22)35/h1-14H. The average Bonchev–Trinajstić information content (AvgIpc) is 3.42. The van der Waals surface area contributed by atoms with Gasteiger partial charge >= 0.3 is 23.9 Å². The van der Waals surface area contributed by atoms with Crippen molar-refractivity contribution in [2.75, 3.05) is 0 Å². The Kier molecular flexibility index (Phi) is 4.98. The lowest BCUT2D eigenvalue weighted by Gasteiger charge is -2.12. The molecule has 0 aliphatic carbocycles. The van der Waals surface area contributed by atoms with Crippen LogP contribution in [0.2, 0.25) is 0 Å². The number of aromatic nitrogens is 2. The fraction of sp³-hybridized carbons (Fsp3) is 0. The second-order valence-electron chi connectivity index (χ2n) is 9.03. The van der Waals surface area contributed by atoms with Gasteiger partial charge in [-0.05, 0) is 66.7 Å². The maximum absolute atomic E-state index is 13.4. The van der Waals surface area contributed by atoms with Crippen LogP contribution in [0, 0.1) is 0 Å². The van der Waals surface area contributed by atoms with E-state index in [1.807, 2.05) is 0 Å². The number of benzene rings is 4. The number of nitrogens with zero attached hydrogens (tertiary/aromatic N) is 2. The highest BCUT2D eigenvalue weighted by atomic mass is 16.6. The van der Waals surface area contributed by atoms with Gasteiger partial charge in [-0.2, -0.15) is 9.78 Å². The SMILES string of the molecule is O=C1OC(=O)c2cc(Oc3ccc(-c4nn(-c5ccc6c(c5)C(=O)OC6=O)c(=O)c5ccccc45)cc3)ccc21. The van der Waals surface area contributed by atoms with Gasteiger partial charge in [0.2, 0.25) is 0 Å². The predicted molar refractivity (Wildman–Crippen MR) is 139 cm³/mol. The summed E-state index contributed by atoms with van der Waals surface area (Å²) in [7, 11) is 0. The Morgan fingerprint density at radius 3 is 1.85 bits per heavy atom. The second-order valence-corrected chi connectivity index (χ2v) is 9.03. The summed E-state index contributed by atoms with van der Waals surface area (Å²) in [6.07, 6.45) is 0. The Bertz CT molecular complexity index is 2030. The largest absolute Gasteiger partial charge is 0.457 e. The molecule has 4 aromatic carbocycles. The van der Waals surface area contributed by atoms with Crippen molar-refractivity contribution in [3.05, 3.63) is 118 Å². The third-order valence-electron chi connectivity index (χ3n) is 6.66. The first-order valence-corrected chi connectivity index (χ1v) is 12.0. The monoisotopic (exact) mass is 530 g/mol. The van der Waals surface area contributed by atoms with E-state index in [1.165, 1.54) is 35.0 Å². The van der Waals surface area contributed by atoms with Crippen LogP contribution in [-0.2, 0) is 9.47 Å². The minimum Gasteiger partial charge on any atom is -0.457 e. The fourth-order valence-electron chi connectivity index (χ4n) is 4.73. The maximum Gasteiger partial charge on any atom is 0.347 e. The van der Waals surface area contributed by atoms with Crippen LogP contribution in [-0.4, -0.2) is 33.7 Å². The molecule has 2 aliphatic heterocycles. The van der Waals surface area contributed by atoms with E-state index < -0.39 is 29.4 Å². The number of rotatable bonds is 4. The molecular formula is C30H14N2O8. The fourth-order valence-corrected chi connectivity index (χ4v) is 4.73. The molecule has 0 N–H and O–H groups in total. The van der Waals surface area contributed by atoms with Crippen molar-refractivity contribution in [3.63, 3.8) is 0 Å². The van der Waals surface area contributed by atoms with E-state index in [4.69, 9.17) is 4.74 Å². The first kappa shape index (κ1) is 23.2. The lowest BCUT2D eigenvalue weighted by molar-refractivity contribution is 0.0425. The molecule has 7 rings (SSSR count). The van der Waals surface area contributed by atoms with E-state index in [1.54, 1.807) is 54.6 Å². The van der Waals surface area contributed by atoms with Crippen LogP contribution in [0.15, 0.2) is 89.7 Å². The number of cyclic esters (lactones) is 4. The van der Waals surface area contributed by atoms with Crippen LogP contribution >= 0.6 is 0 Å². The number of hydrogen-bond acceptors (Lipinski definition) is 9. The summed E-state index contributed by atoms with van der Waals surface area (Å²) >= 11 is 0. The molecule has 1 aromatic heterocycles. The van der Waals surface area contributed by atoms with Gasteiger partial charge in [0, 0.05) is 10.9 Å². The molecule has 0 unspecified atom stereocenters. The van der Waals surface area contributed by atoms with Gasteiger partial charge in [-0.25, -0.2) is 19.2 Å². The van der Waals surface area contributed by atoms with Gasteiger partial charge in [-0.1, -0.05) is 18.2 Å². The zero-order valence-electron chi connectivity index (χ0n) is 20.2. The highest BCUT2D eigenvalue weighted by molar-refractivity contribution is 6.15. The number of ether oxygens (including phenoxy) is 3. The van der Waals surface area contributed by atoms with Gasteiger partial charge in [-0.3, -0.25) is 4.79 Å². The Morgan fingerprint density at radius 1 is 0.575 bits per heavy atom. The maximum atomic E-state index is 13.4. The Labute approximate surface area is 223 Å². The van der Waals surface area contributed by atoms with E-state index in [-0.39, 0.29) is 22.3 Å². The van der Waals surface area contributed by atoms with E-state index in [9.17, 15) is 24.0 Å². The minimum atomic E-state index is -0.779. The predicted octanol–water partition coefficient (Wildman–Crippen LogP) is 4.47. The second kappa shape index (κ2) is 8.57. The Hall–Kier alpha value is -5.90. The summed E-state index contributed by atoms with van der Waals surface area (Å²) in [6, 6.07) is 22.8. The molecule has 0 spiro atoms. The van der Waals surface area contributed by atoms with E-state index in [0.717, 1.165) is 0 Å². The van der Waals surface area contributed by atoms with Crippen LogP contribution in [0.25, 0.3) is 27.7 Å². The molecule has 0 amide bonds. The summed E-state index contributed by atoms with van der Waals surface area (Å²) in [6.45, 7) is 0. The van der Waals surface area contributed by atoms with Crippen molar-refractivity contribution >= 4 is 34.6 Å². The quantitative estimate of drug-likeness (QED) is 0.244. The highest BCUT2D eigenvalue weighted by Gasteiger charge is 2.31. The van der Waals surface area contributed by atoms with Gasteiger partial charge in [0.25, 0.3) is 5.56 Å². The topological polar surface area (TPSA) is 131 Å². The minimum absolute atomic E-state index is 0.0663. The average molecular weight is 530 g/mol. The molecule has 10 heteroatoms. The molecule has 0 saturated carbocycles. The third-order valence-corrected chi connectivity index (χ3v) is 6.66.